The van der Waals surface area contributed by atoms with E-state index in [-0.39, 0.29) is 0 Å². The lowest BCUT2D eigenvalue weighted by Crippen LogP contribution is -2.42. The van der Waals surface area contributed by atoms with Crippen LogP contribution in [0, 0.1) is 11.8 Å². The van der Waals surface area contributed by atoms with Gasteiger partial charge in [0, 0.05) is 10.5 Å². The standard InChI is InChI=1S/C18H28BrN/c1-3-15-7-5-6-8-17(15)18(20-4-2)13-14-9-11-16(19)12-10-14/h9-12,15,17-18,20H,3-8,13H2,1-2H3. The number of rotatable bonds is 6. The Hall–Kier alpha value is -0.340. The maximum absolute atomic E-state index is 3.77. The molecule has 3 unspecified atom stereocenters. The molecule has 2 rings (SSSR count). The van der Waals surface area contributed by atoms with E-state index in [0.29, 0.717) is 6.04 Å². The molecule has 0 aromatic heterocycles. The van der Waals surface area contributed by atoms with Crippen molar-refractivity contribution in [2.45, 2.75) is 58.4 Å². The van der Waals surface area contributed by atoms with E-state index in [1.54, 1.807) is 0 Å². The van der Waals surface area contributed by atoms with Gasteiger partial charge < -0.3 is 5.32 Å². The highest BCUT2D eigenvalue weighted by Gasteiger charge is 2.30. The van der Waals surface area contributed by atoms with Gasteiger partial charge in [0.25, 0.3) is 0 Å². The van der Waals surface area contributed by atoms with Gasteiger partial charge in [-0.05, 0) is 48.9 Å². The lowest BCUT2D eigenvalue weighted by molar-refractivity contribution is 0.175. The molecule has 0 saturated heterocycles. The zero-order chi connectivity index (χ0) is 14.4. The van der Waals surface area contributed by atoms with Crippen molar-refractivity contribution in [2.24, 2.45) is 11.8 Å². The SMILES string of the molecule is CCNC(Cc1ccc(Br)cc1)C1CCCCC1CC. The summed E-state index contributed by atoms with van der Waals surface area (Å²) in [5.41, 5.74) is 1.46. The Morgan fingerprint density at radius 3 is 2.50 bits per heavy atom. The predicted molar refractivity (Wildman–Crippen MR) is 91.0 cm³/mol. The minimum atomic E-state index is 0.645. The van der Waals surface area contributed by atoms with Crippen molar-refractivity contribution >= 4 is 15.9 Å². The molecule has 1 aliphatic carbocycles. The summed E-state index contributed by atoms with van der Waals surface area (Å²) >= 11 is 3.52. The summed E-state index contributed by atoms with van der Waals surface area (Å²) in [6, 6.07) is 9.50. The van der Waals surface area contributed by atoms with Crippen LogP contribution in [0.25, 0.3) is 0 Å². The first-order valence-electron chi connectivity index (χ1n) is 8.22. The van der Waals surface area contributed by atoms with Crippen molar-refractivity contribution in [2.75, 3.05) is 6.54 Å². The molecular weight excluding hydrogens is 310 g/mol. The van der Waals surface area contributed by atoms with Crippen LogP contribution in [0.15, 0.2) is 28.7 Å². The second-order valence-corrected chi connectivity index (χ2v) is 7.03. The van der Waals surface area contributed by atoms with Crippen molar-refractivity contribution in [3.63, 3.8) is 0 Å². The number of halogens is 1. The predicted octanol–water partition coefficient (Wildman–Crippen LogP) is 5.19. The van der Waals surface area contributed by atoms with Gasteiger partial charge in [-0.1, -0.05) is 67.6 Å². The Morgan fingerprint density at radius 2 is 1.85 bits per heavy atom. The van der Waals surface area contributed by atoms with E-state index in [1.165, 1.54) is 48.6 Å². The highest BCUT2D eigenvalue weighted by Crippen LogP contribution is 2.35. The highest BCUT2D eigenvalue weighted by molar-refractivity contribution is 9.10. The van der Waals surface area contributed by atoms with Crippen LogP contribution < -0.4 is 5.32 Å². The quantitative estimate of drug-likeness (QED) is 0.753. The van der Waals surface area contributed by atoms with E-state index < -0.39 is 0 Å². The van der Waals surface area contributed by atoms with Gasteiger partial charge in [0.15, 0.2) is 0 Å². The number of likely N-dealkylation sites (N-methyl/N-ethyl adjacent to an activating group) is 1. The van der Waals surface area contributed by atoms with Gasteiger partial charge >= 0.3 is 0 Å². The molecule has 2 heteroatoms. The molecule has 1 nitrogen and oxygen atoms in total. The Kier molecular flexibility index (Phi) is 6.57. The Labute approximate surface area is 132 Å². The average Bonchev–Trinajstić information content (AvgIpc) is 2.49. The summed E-state index contributed by atoms with van der Waals surface area (Å²) < 4.78 is 1.17. The summed E-state index contributed by atoms with van der Waals surface area (Å²) in [7, 11) is 0. The topological polar surface area (TPSA) is 12.0 Å². The van der Waals surface area contributed by atoms with Crippen molar-refractivity contribution in [3.8, 4) is 0 Å². The van der Waals surface area contributed by atoms with Crippen LogP contribution in [0.5, 0.6) is 0 Å². The molecule has 0 amide bonds. The first kappa shape index (κ1) is 16.0. The molecule has 1 fully saturated rings. The molecule has 1 saturated carbocycles. The van der Waals surface area contributed by atoms with E-state index in [4.69, 9.17) is 0 Å². The summed E-state index contributed by atoms with van der Waals surface area (Å²) in [5, 5.41) is 3.77. The molecule has 0 aliphatic heterocycles. The molecule has 0 radical (unpaired) electrons. The third-order valence-electron chi connectivity index (χ3n) is 4.84. The minimum absolute atomic E-state index is 0.645. The number of benzene rings is 1. The second kappa shape index (κ2) is 8.19. The Morgan fingerprint density at radius 1 is 1.15 bits per heavy atom. The van der Waals surface area contributed by atoms with E-state index in [1.807, 2.05) is 0 Å². The van der Waals surface area contributed by atoms with Crippen LogP contribution in [0.3, 0.4) is 0 Å². The molecule has 3 atom stereocenters. The van der Waals surface area contributed by atoms with Crippen LogP contribution in [-0.2, 0) is 6.42 Å². The molecule has 112 valence electrons. The largest absolute Gasteiger partial charge is 0.314 e. The van der Waals surface area contributed by atoms with E-state index in [0.717, 1.165) is 18.4 Å². The highest BCUT2D eigenvalue weighted by atomic mass is 79.9. The zero-order valence-corrected chi connectivity index (χ0v) is 14.5. The first-order valence-corrected chi connectivity index (χ1v) is 9.01. The summed E-state index contributed by atoms with van der Waals surface area (Å²) in [6.07, 6.45) is 8.21. The van der Waals surface area contributed by atoms with Crippen molar-refractivity contribution in [1.29, 1.82) is 0 Å². The fourth-order valence-corrected chi connectivity index (χ4v) is 4.05. The average molecular weight is 338 g/mol. The fourth-order valence-electron chi connectivity index (χ4n) is 3.78. The first-order chi connectivity index (χ1) is 9.74. The third-order valence-corrected chi connectivity index (χ3v) is 5.37. The van der Waals surface area contributed by atoms with Crippen LogP contribution in [-0.4, -0.2) is 12.6 Å². The summed E-state index contributed by atoms with van der Waals surface area (Å²) in [4.78, 5) is 0. The molecule has 1 N–H and O–H groups in total. The van der Waals surface area contributed by atoms with Gasteiger partial charge in [-0.3, -0.25) is 0 Å². The smallest absolute Gasteiger partial charge is 0.0175 e. The number of hydrogen-bond acceptors (Lipinski definition) is 1. The van der Waals surface area contributed by atoms with E-state index in [9.17, 15) is 0 Å². The monoisotopic (exact) mass is 337 g/mol. The van der Waals surface area contributed by atoms with Crippen LogP contribution in [0.2, 0.25) is 0 Å². The molecule has 1 aromatic carbocycles. The number of nitrogens with one attached hydrogen (secondary N) is 1. The van der Waals surface area contributed by atoms with Crippen LogP contribution in [0.4, 0.5) is 0 Å². The van der Waals surface area contributed by atoms with Crippen molar-refractivity contribution in [3.05, 3.63) is 34.3 Å². The fraction of sp³-hybridized carbons (Fsp3) is 0.667. The van der Waals surface area contributed by atoms with Gasteiger partial charge in [0.2, 0.25) is 0 Å². The van der Waals surface area contributed by atoms with Gasteiger partial charge in [-0.15, -0.1) is 0 Å². The van der Waals surface area contributed by atoms with Crippen molar-refractivity contribution < 1.29 is 0 Å². The van der Waals surface area contributed by atoms with Crippen molar-refractivity contribution in [1.82, 2.24) is 5.32 Å². The van der Waals surface area contributed by atoms with Gasteiger partial charge in [-0.25, -0.2) is 0 Å². The number of hydrogen-bond donors (Lipinski definition) is 1. The summed E-state index contributed by atoms with van der Waals surface area (Å²) in [6.45, 7) is 5.68. The molecule has 20 heavy (non-hydrogen) atoms. The molecule has 1 aliphatic rings. The molecule has 0 heterocycles. The lowest BCUT2D eigenvalue weighted by atomic mass is 9.72. The maximum atomic E-state index is 3.77. The van der Waals surface area contributed by atoms with Crippen LogP contribution >= 0.6 is 15.9 Å². The zero-order valence-electron chi connectivity index (χ0n) is 12.9. The molecule has 0 spiro atoms. The van der Waals surface area contributed by atoms with Gasteiger partial charge in [0.1, 0.15) is 0 Å². The van der Waals surface area contributed by atoms with Gasteiger partial charge in [-0.2, -0.15) is 0 Å². The molecule has 1 aromatic rings. The van der Waals surface area contributed by atoms with Gasteiger partial charge in [0.05, 0.1) is 0 Å². The third kappa shape index (κ3) is 4.33. The summed E-state index contributed by atoms with van der Waals surface area (Å²) in [5.74, 6) is 1.78. The van der Waals surface area contributed by atoms with E-state index >= 15 is 0 Å². The lowest BCUT2D eigenvalue weighted by Gasteiger charge is -2.37. The van der Waals surface area contributed by atoms with E-state index in [2.05, 4.69) is 59.4 Å². The maximum Gasteiger partial charge on any atom is 0.0175 e. The normalized spacial score (nSPS) is 24.6. The molecular formula is C18H28BrN. The second-order valence-electron chi connectivity index (χ2n) is 6.11. The van der Waals surface area contributed by atoms with Crippen LogP contribution in [0.1, 0.15) is 51.5 Å². The Bertz CT molecular complexity index is 387. The molecule has 0 bridgehead atoms. The minimum Gasteiger partial charge on any atom is -0.314 e. The Balaban J connectivity index is 2.06.